The summed E-state index contributed by atoms with van der Waals surface area (Å²) < 4.78 is 31.7. The molecule has 1 aromatic heterocycles. The van der Waals surface area contributed by atoms with Crippen molar-refractivity contribution in [3.63, 3.8) is 0 Å². The molecule has 0 radical (unpaired) electrons. The Morgan fingerprint density at radius 1 is 1.37 bits per heavy atom. The molecule has 19 heavy (non-hydrogen) atoms. The highest BCUT2D eigenvalue weighted by Crippen LogP contribution is 2.35. The number of fused-ring (bicyclic) bond motifs is 1. The zero-order valence-electron chi connectivity index (χ0n) is 11.4. The monoisotopic (exact) mass is 282 g/mol. The van der Waals surface area contributed by atoms with Gasteiger partial charge in [0.2, 0.25) is 0 Å². The fourth-order valence-corrected chi connectivity index (χ4v) is 2.74. The van der Waals surface area contributed by atoms with Gasteiger partial charge >= 0.3 is 0 Å². The molecule has 1 N–H and O–H groups in total. The topological polar surface area (TPSA) is 59.7 Å². The Balaban J connectivity index is 2.75. The second-order valence-corrected chi connectivity index (χ2v) is 5.33. The minimum atomic E-state index is -2.02. The Labute approximate surface area is 115 Å². The van der Waals surface area contributed by atoms with E-state index in [0.29, 0.717) is 16.2 Å². The van der Waals surface area contributed by atoms with Crippen LogP contribution in [0.1, 0.15) is 31.6 Å². The van der Waals surface area contributed by atoms with Crippen molar-refractivity contribution < 1.29 is 17.9 Å². The van der Waals surface area contributed by atoms with Gasteiger partial charge in [-0.3, -0.25) is 0 Å². The van der Waals surface area contributed by atoms with E-state index < -0.39 is 11.1 Å². The van der Waals surface area contributed by atoms with Crippen molar-refractivity contribution in [3.05, 3.63) is 23.5 Å². The lowest BCUT2D eigenvalue weighted by atomic mass is 10.1. The highest BCUT2D eigenvalue weighted by molar-refractivity contribution is 7.79. The third-order valence-electron chi connectivity index (χ3n) is 3.17. The molecule has 4 nitrogen and oxygen atoms in total. The van der Waals surface area contributed by atoms with Gasteiger partial charge in [0.1, 0.15) is 5.76 Å². The zero-order chi connectivity index (χ0) is 14.0. The number of furan rings is 1. The van der Waals surface area contributed by atoms with E-state index >= 15 is 0 Å². The van der Waals surface area contributed by atoms with Gasteiger partial charge < -0.3 is 13.7 Å². The van der Waals surface area contributed by atoms with E-state index in [0.717, 1.165) is 36.0 Å². The summed E-state index contributed by atoms with van der Waals surface area (Å²) in [5.41, 5.74) is 1.76. The van der Waals surface area contributed by atoms with Gasteiger partial charge in [-0.25, -0.2) is 4.21 Å². The van der Waals surface area contributed by atoms with E-state index in [-0.39, 0.29) is 0 Å². The summed E-state index contributed by atoms with van der Waals surface area (Å²) in [6, 6.07) is 3.27. The summed E-state index contributed by atoms with van der Waals surface area (Å²) >= 11 is -2.02. The average molecular weight is 282 g/mol. The normalized spacial score (nSPS) is 12.8. The summed E-state index contributed by atoms with van der Waals surface area (Å²) in [5, 5.41) is 0.878. The van der Waals surface area contributed by atoms with Crippen molar-refractivity contribution in [3.8, 4) is 5.75 Å². The SMILES string of the molecule is CCCc1oc2c(OC)cc(S(=O)O)cc2c1CC. The number of aryl methyl sites for hydroxylation is 2. The van der Waals surface area contributed by atoms with Gasteiger partial charge in [0.05, 0.1) is 12.0 Å². The van der Waals surface area contributed by atoms with Crippen molar-refractivity contribution >= 4 is 22.0 Å². The number of hydrogen-bond donors (Lipinski definition) is 1. The first kappa shape index (κ1) is 14.1. The number of ether oxygens (including phenoxy) is 1. The molecule has 0 saturated heterocycles. The van der Waals surface area contributed by atoms with E-state index in [4.69, 9.17) is 9.15 Å². The molecule has 0 spiro atoms. The third kappa shape index (κ3) is 2.53. The minimum Gasteiger partial charge on any atom is -0.493 e. The van der Waals surface area contributed by atoms with Crippen LogP contribution in [0.3, 0.4) is 0 Å². The first-order chi connectivity index (χ1) is 9.12. The minimum absolute atomic E-state index is 0.336. The maximum atomic E-state index is 11.3. The standard InChI is InChI=1S/C14H18O4S/c1-4-6-12-10(5-2)11-7-9(19(15)16)8-13(17-3)14(11)18-12/h7-8H,4-6H2,1-3H3,(H,15,16). The molecule has 2 aromatic rings. The number of hydrogen-bond acceptors (Lipinski definition) is 3. The van der Waals surface area contributed by atoms with Gasteiger partial charge in [-0.1, -0.05) is 13.8 Å². The third-order valence-corrected chi connectivity index (χ3v) is 3.81. The van der Waals surface area contributed by atoms with Crippen molar-refractivity contribution in [1.82, 2.24) is 0 Å². The molecule has 2 rings (SSSR count). The molecule has 0 fully saturated rings. The summed E-state index contributed by atoms with van der Waals surface area (Å²) in [6.07, 6.45) is 2.68. The summed E-state index contributed by atoms with van der Waals surface area (Å²) in [5.74, 6) is 1.45. The molecule has 1 heterocycles. The second kappa shape index (κ2) is 5.75. The van der Waals surface area contributed by atoms with E-state index in [1.807, 2.05) is 0 Å². The van der Waals surface area contributed by atoms with Crippen molar-refractivity contribution in [2.75, 3.05) is 7.11 Å². The number of benzene rings is 1. The van der Waals surface area contributed by atoms with Crippen LogP contribution in [-0.4, -0.2) is 15.9 Å². The molecule has 0 saturated carbocycles. The van der Waals surface area contributed by atoms with Gasteiger partial charge in [-0.2, -0.15) is 0 Å². The molecule has 5 heteroatoms. The van der Waals surface area contributed by atoms with Crippen LogP contribution in [0.15, 0.2) is 21.4 Å². The fraction of sp³-hybridized carbons (Fsp3) is 0.429. The van der Waals surface area contributed by atoms with Crippen molar-refractivity contribution in [2.45, 2.75) is 38.0 Å². The average Bonchev–Trinajstić information content (AvgIpc) is 2.75. The maximum Gasteiger partial charge on any atom is 0.186 e. The molecule has 0 aliphatic rings. The number of methoxy groups -OCH3 is 1. The Hall–Kier alpha value is -1.33. The van der Waals surface area contributed by atoms with Crippen LogP contribution in [0.25, 0.3) is 11.0 Å². The van der Waals surface area contributed by atoms with Crippen LogP contribution in [-0.2, 0) is 23.9 Å². The van der Waals surface area contributed by atoms with Crippen LogP contribution in [0, 0.1) is 0 Å². The Kier molecular flexibility index (Phi) is 4.27. The lowest BCUT2D eigenvalue weighted by molar-refractivity contribution is 0.406. The van der Waals surface area contributed by atoms with Crippen molar-refractivity contribution in [2.24, 2.45) is 0 Å². The summed E-state index contributed by atoms with van der Waals surface area (Å²) in [7, 11) is 1.53. The summed E-state index contributed by atoms with van der Waals surface area (Å²) in [4.78, 5) is 0.336. The predicted octanol–water partition coefficient (Wildman–Crippen LogP) is 3.54. The lowest BCUT2D eigenvalue weighted by Gasteiger charge is -2.03. The van der Waals surface area contributed by atoms with Gasteiger partial charge in [-0.05, 0) is 18.9 Å². The molecular formula is C14H18O4S. The first-order valence-corrected chi connectivity index (χ1v) is 7.46. The van der Waals surface area contributed by atoms with E-state index in [1.54, 1.807) is 12.1 Å². The highest BCUT2D eigenvalue weighted by atomic mass is 32.2. The highest BCUT2D eigenvalue weighted by Gasteiger charge is 2.18. The Morgan fingerprint density at radius 3 is 2.63 bits per heavy atom. The second-order valence-electron chi connectivity index (χ2n) is 4.36. The van der Waals surface area contributed by atoms with E-state index in [9.17, 15) is 8.76 Å². The van der Waals surface area contributed by atoms with Gasteiger partial charge in [0.15, 0.2) is 22.4 Å². The van der Waals surface area contributed by atoms with Gasteiger partial charge in [-0.15, -0.1) is 0 Å². The predicted molar refractivity (Wildman–Crippen MR) is 75.2 cm³/mol. The molecule has 0 aliphatic carbocycles. The molecule has 0 aliphatic heterocycles. The van der Waals surface area contributed by atoms with Crippen molar-refractivity contribution in [1.29, 1.82) is 0 Å². The summed E-state index contributed by atoms with van der Waals surface area (Å²) in [6.45, 7) is 4.15. The quantitative estimate of drug-likeness (QED) is 0.852. The van der Waals surface area contributed by atoms with E-state index in [2.05, 4.69) is 13.8 Å². The van der Waals surface area contributed by atoms with Crippen LogP contribution < -0.4 is 4.74 Å². The van der Waals surface area contributed by atoms with Gasteiger partial charge in [0, 0.05) is 23.4 Å². The maximum absolute atomic E-state index is 11.3. The van der Waals surface area contributed by atoms with E-state index in [1.165, 1.54) is 7.11 Å². The van der Waals surface area contributed by atoms with Crippen LogP contribution in [0.4, 0.5) is 0 Å². The molecule has 104 valence electrons. The molecule has 0 amide bonds. The van der Waals surface area contributed by atoms with Gasteiger partial charge in [0.25, 0.3) is 0 Å². The molecular weight excluding hydrogens is 264 g/mol. The fourth-order valence-electron chi connectivity index (χ4n) is 2.31. The van der Waals surface area contributed by atoms with Crippen LogP contribution >= 0.6 is 0 Å². The first-order valence-electron chi connectivity index (χ1n) is 6.35. The molecule has 1 aromatic carbocycles. The Bertz CT molecular complexity index is 615. The van der Waals surface area contributed by atoms with Crippen LogP contribution in [0.2, 0.25) is 0 Å². The van der Waals surface area contributed by atoms with Crippen LogP contribution in [0.5, 0.6) is 5.75 Å². The zero-order valence-corrected chi connectivity index (χ0v) is 12.2. The number of rotatable bonds is 5. The lowest BCUT2D eigenvalue weighted by Crippen LogP contribution is -1.92. The molecule has 1 unspecified atom stereocenters. The molecule has 1 atom stereocenters. The largest absolute Gasteiger partial charge is 0.493 e. The smallest absolute Gasteiger partial charge is 0.186 e. The Morgan fingerprint density at radius 2 is 2.11 bits per heavy atom. The molecule has 0 bridgehead atoms.